The van der Waals surface area contributed by atoms with E-state index in [9.17, 15) is 0 Å². The van der Waals surface area contributed by atoms with E-state index >= 15 is 0 Å². The first-order valence-electron chi connectivity index (χ1n) is 7.63. The second-order valence-corrected chi connectivity index (χ2v) is 5.76. The SMILES string of the molecule is Cc1cc[c-](C)c1C.[Cl-].[Cl-].[Zr+4].c1ccc2[cH-]c(-n3cccc3)cc2c1. The van der Waals surface area contributed by atoms with Gasteiger partial charge in [-0.05, 0) is 17.8 Å². The fourth-order valence-corrected chi connectivity index (χ4v) is 2.60. The van der Waals surface area contributed by atoms with E-state index in [2.05, 4.69) is 86.3 Å². The van der Waals surface area contributed by atoms with E-state index in [1.54, 1.807) is 0 Å². The summed E-state index contributed by atoms with van der Waals surface area (Å²) in [6.07, 6.45) is 4.13. The Morgan fingerprint density at radius 3 is 2.04 bits per heavy atom. The zero-order valence-corrected chi connectivity index (χ0v) is 18.6. The van der Waals surface area contributed by atoms with Crippen molar-refractivity contribution in [3.8, 4) is 5.69 Å². The molecule has 0 N–H and O–H groups in total. The standard InChI is InChI=1S/C13H10N.C8H11.2ClH.Zr/c1-2-6-12-10-13(9-11(12)5-1)14-7-3-4-8-14;1-6-4-5-7(2)8(6)3;;;/h1-10H;4-5H,1-3H3;2*1H;/q2*-1;;;+4/p-2. The summed E-state index contributed by atoms with van der Waals surface area (Å²) in [5.74, 6) is 0. The first kappa shape index (κ1) is 23.9. The molecule has 25 heavy (non-hydrogen) atoms. The van der Waals surface area contributed by atoms with Gasteiger partial charge in [0.2, 0.25) is 0 Å². The first-order chi connectivity index (χ1) is 10.6. The molecule has 0 radical (unpaired) electrons. The van der Waals surface area contributed by atoms with Crippen LogP contribution in [0.15, 0.2) is 73.1 Å². The van der Waals surface area contributed by atoms with Crippen molar-refractivity contribution in [2.24, 2.45) is 0 Å². The number of rotatable bonds is 1. The van der Waals surface area contributed by atoms with Gasteiger partial charge in [-0.1, -0.05) is 26.8 Å². The number of fused-ring (bicyclic) bond motifs is 1. The maximum absolute atomic E-state index is 2.20. The Morgan fingerprint density at radius 1 is 0.920 bits per heavy atom. The molecule has 1 heterocycles. The minimum absolute atomic E-state index is 0. The van der Waals surface area contributed by atoms with Crippen LogP contribution in [0.25, 0.3) is 16.5 Å². The summed E-state index contributed by atoms with van der Waals surface area (Å²) in [5.41, 5.74) is 5.48. The third-order valence-electron chi connectivity index (χ3n) is 4.27. The summed E-state index contributed by atoms with van der Waals surface area (Å²) in [6.45, 7) is 6.44. The Hall–Kier alpha value is -1.08. The quantitative estimate of drug-likeness (QED) is 0.352. The first-order valence-corrected chi connectivity index (χ1v) is 7.63. The van der Waals surface area contributed by atoms with E-state index in [-0.39, 0.29) is 51.0 Å². The Kier molecular flexibility index (Phi) is 10.3. The summed E-state index contributed by atoms with van der Waals surface area (Å²) in [7, 11) is 0. The molecule has 4 rings (SSSR count). The molecular weight excluding hydrogens is 428 g/mol. The molecule has 0 unspecified atom stereocenters. The molecule has 128 valence electrons. The van der Waals surface area contributed by atoms with Crippen LogP contribution in [-0.2, 0) is 26.2 Å². The summed E-state index contributed by atoms with van der Waals surface area (Å²) in [5, 5.41) is 2.60. The van der Waals surface area contributed by atoms with Gasteiger partial charge in [0, 0.05) is 12.4 Å². The maximum Gasteiger partial charge on any atom is 4.00 e. The molecule has 3 aromatic carbocycles. The van der Waals surface area contributed by atoms with E-state index < -0.39 is 0 Å². The minimum atomic E-state index is 0. The van der Waals surface area contributed by atoms with Gasteiger partial charge in [0.25, 0.3) is 0 Å². The second kappa shape index (κ2) is 10.8. The molecule has 4 heteroatoms. The van der Waals surface area contributed by atoms with Crippen molar-refractivity contribution < 1.29 is 51.0 Å². The van der Waals surface area contributed by atoms with E-state index in [1.807, 2.05) is 12.1 Å². The molecule has 0 aliphatic heterocycles. The normalized spacial score (nSPS) is 9.24. The number of benzene rings is 1. The third-order valence-corrected chi connectivity index (χ3v) is 4.27. The Bertz CT molecular complexity index is 820. The molecular formula is C21H21Cl2NZr. The molecule has 1 aromatic heterocycles. The molecule has 0 aliphatic carbocycles. The fraction of sp³-hybridized carbons (Fsp3) is 0.143. The van der Waals surface area contributed by atoms with Crippen molar-refractivity contribution in [1.29, 1.82) is 0 Å². The van der Waals surface area contributed by atoms with Crippen LogP contribution in [0.5, 0.6) is 0 Å². The number of hydrogen-bond donors (Lipinski definition) is 0. The van der Waals surface area contributed by atoms with Gasteiger partial charge < -0.3 is 29.4 Å². The maximum atomic E-state index is 2.20. The molecule has 0 saturated carbocycles. The van der Waals surface area contributed by atoms with E-state index in [0.717, 1.165) is 0 Å². The van der Waals surface area contributed by atoms with Gasteiger partial charge >= 0.3 is 26.2 Å². The van der Waals surface area contributed by atoms with Crippen LogP contribution in [0, 0.1) is 20.8 Å². The van der Waals surface area contributed by atoms with Gasteiger partial charge in [-0.3, -0.25) is 0 Å². The van der Waals surface area contributed by atoms with Crippen LogP contribution in [0.2, 0.25) is 0 Å². The van der Waals surface area contributed by atoms with E-state index in [0.29, 0.717) is 0 Å². The van der Waals surface area contributed by atoms with Crippen LogP contribution < -0.4 is 24.8 Å². The van der Waals surface area contributed by atoms with Crippen LogP contribution in [0.1, 0.15) is 16.7 Å². The molecule has 1 nitrogen and oxygen atoms in total. The van der Waals surface area contributed by atoms with Crippen LogP contribution in [-0.4, -0.2) is 4.57 Å². The molecule has 0 aliphatic rings. The van der Waals surface area contributed by atoms with Gasteiger partial charge in [0.1, 0.15) is 0 Å². The average Bonchev–Trinajstić information content (AvgIpc) is 3.24. The number of aromatic nitrogens is 1. The second-order valence-electron chi connectivity index (χ2n) is 5.76. The predicted octanol–water partition coefficient (Wildman–Crippen LogP) is -0.314. The summed E-state index contributed by atoms with van der Waals surface area (Å²) < 4.78 is 2.12. The van der Waals surface area contributed by atoms with Gasteiger partial charge in [0.05, 0.1) is 0 Å². The summed E-state index contributed by atoms with van der Waals surface area (Å²) in [6, 6.07) is 21.2. The largest absolute Gasteiger partial charge is 4.00 e. The molecule has 4 aromatic rings. The van der Waals surface area contributed by atoms with Crippen molar-refractivity contribution in [2.75, 3.05) is 0 Å². The van der Waals surface area contributed by atoms with Crippen molar-refractivity contribution in [3.05, 3.63) is 89.7 Å². The zero-order chi connectivity index (χ0) is 15.5. The average molecular weight is 450 g/mol. The van der Waals surface area contributed by atoms with Gasteiger partial charge in [0.15, 0.2) is 0 Å². The Morgan fingerprint density at radius 2 is 1.56 bits per heavy atom. The van der Waals surface area contributed by atoms with Crippen LogP contribution in [0.4, 0.5) is 0 Å². The van der Waals surface area contributed by atoms with Gasteiger partial charge in [-0.15, -0.1) is 41.1 Å². The third kappa shape index (κ3) is 5.71. The zero-order valence-electron chi connectivity index (χ0n) is 14.6. The molecule has 0 amide bonds. The molecule has 0 bridgehead atoms. The van der Waals surface area contributed by atoms with Gasteiger partial charge in [-0.25, -0.2) is 6.07 Å². The number of halogens is 2. The smallest absolute Gasteiger partial charge is 1.00 e. The van der Waals surface area contributed by atoms with Crippen molar-refractivity contribution in [1.82, 2.24) is 4.57 Å². The Labute approximate surface area is 181 Å². The van der Waals surface area contributed by atoms with Crippen molar-refractivity contribution in [2.45, 2.75) is 20.8 Å². The van der Waals surface area contributed by atoms with Crippen LogP contribution in [0.3, 0.4) is 0 Å². The van der Waals surface area contributed by atoms with E-state index in [1.165, 1.54) is 33.2 Å². The topological polar surface area (TPSA) is 4.93 Å². The predicted molar refractivity (Wildman–Crippen MR) is 95.1 cm³/mol. The van der Waals surface area contributed by atoms with E-state index in [4.69, 9.17) is 0 Å². The monoisotopic (exact) mass is 447 g/mol. The molecule has 0 fully saturated rings. The number of hydrogen-bond acceptors (Lipinski definition) is 0. The summed E-state index contributed by atoms with van der Waals surface area (Å²) in [4.78, 5) is 0. The van der Waals surface area contributed by atoms with Crippen molar-refractivity contribution in [3.63, 3.8) is 0 Å². The van der Waals surface area contributed by atoms with Crippen LogP contribution >= 0.6 is 0 Å². The molecule has 0 spiro atoms. The summed E-state index contributed by atoms with van der Waals surface area (Å²) >= 11 is 0. The van der Waals surface area contributed by atoms with Gasteiger partial charge in [-0.2, -0.15) is 22.8 Å². The Balaban J connectivity index is 0.000000462. The fourth-order valence-electron chi connectivity index (χ4n) is 2.60. The number of nitrogens with zero attached hydrogens (tertiary/aromatic N) is 1. The van der Waals surface area contributed by atoms with Crippen molar-refractivity contribution >= 4 is 10.8 Å². The molecule has 0 atom stereocenters. The minimum Gasteiger partial charge on any atom is -1.00 e. The molecule has 0 saturated heterocycles. The number of aryl methyl sites for hydroxylation is 2.